The molecular formula is C14H29N3. The van der Waals surface area contributed by atoms with Crippen molar-refractivity contribution in [2.24, 2.45) is 5.92 Å². The Kier molecular flexibility index (Phi) is 5.26. The number of piperidine rings is 2. The third kappa shape index (κ3) is 3.94. The highest BCUT2D eigenvalue weighted by Crippen LogP contribution is 2.18. The van der Waals surface area contributed by atoms with Gasteiger partial charge in [0.25, 0.3) is 0 Å². The van der Waals surface area contributed by atoms with Gasteiger partial charge in [0.2, 0.25) is 0 Å². The Morgan fingerprint density at radius 1 is 1.29 bits per heavy atom. The van der Waals surface area contributed by atoms with Crippen molar-refractivity contribution < 1.29 is 0 Å². The average molecular weight is 239 g/mol. The van der Waals surface area contributed by atoms with Gasteiger partial charge in [-0.1, -0.05) is 6.92 Å². The Bertz CT molecular complexity index is 214. The molecule has 2 unspecified atom stereocenters. The van der Waals surface area contributed by atoms with E-state index in [2.05, 4.69) is 29.1 Å². The second kappa shape index (κ2) is 6.72. The van der Waals surface area contributed by atoms with E-state index in [1.807, 2.05) is 0 Å². The lowest BCUT2D eigenvalue weighted by Gasteiger charge is -2.39. The zero-order valence-corrected chi connectivity index (χ0v) is 11.6. The van der Waals surface area contributed by atoms with Crippen LogP contribution in [0.25, 0.3) is 0 Å². The summed E-state index contributed by atoms with van der Waals surface area (Å²) in [7, 11) is 2.27. The summed E-state index contributed by atoms with van der Waals surface area (Å²) in [6.45, 7) is 9.88. The van der Waals surface area contributed by atoms with Gasteiger partial charge in [-0.3, -0.25) is 4.90 Å². The number of likely N-dealkylation sites (tertiary alicyclic amines) is 1. The number of hydrogen-bond donors (Lipinski definition) is 1. The maximum absolute atomic E-state index is 3.54. The molecule has 2 heterocycles. The molecule has 0 aliphatic carbocycles. The molecule has 0 aromatic heterocycles. The minimum absolute atomic E-state index is 0.806. The van der Waals surface area contributed by atoms with Crippen LogP contribution in [0.5, 0.6) is 0 Å². The molecule has 0 radical (unpaired) electrons. The maximum Gasteiger partial charge on any atom is 0.0223 e. The van der Waals surface area contributed by atoms with Gasteiger partial charge in [-0.05, 0) is 64.8 Å². The lowest BCUT2D eigenvalue weighted by molar-refractivity contribution is 0.0964. The predicted molar refractivity (Wildman–Crippen MR) is 73.4 cm³/mol. The predicted octanol–water partition coefficient (Wildman–Crippen LogP) is 1.40. The summed E-state index contributed by atoms with van der Waals surface area (Å²) in [6.07, 6.45) is 5.57. The summed E-state index contributed by atoms with van der Waals surface area (Å²) in [4.78, 5) is 5.23. The molecule has 0 bridgehead atoms. The molecule has 3 heteroatoms. The first-order valence-electron chi connectivity index (χ1n) is 7.43. The fraction of sp³-hybridized carbons (Fsp3) is 1.00. The van der Waals surface area contributed by atoms with Gasteiger partial charge >= 0.3 is 0 Å². The first kappa shape index (κ1) is 13.3. The number of nitrogens with one attached hydrogen (secondary N) is 1. The quantitative estimate of drug-likeness (QED) is 0.800. The maximum atomic E-state index is 3.54. The van der Waals surface area contributed by atoms with Crippen molar-refractivity contribution in [2.75, 3.05) is 46.3 Å². The van der Waals surface area contributed by atoms with Gasteiger partial charge < -0.3 is 10.2 Å². The van der Waals surface area contributed by atoms with Gasteiger partial charge in [0.1, 0.15) is 0 Å². The van der Waals surface area contributed by atoms with Crippen LogP contribution in [0.4, 0.5) is 0 Å². The van der Waals surface area contributed by atoms with Crippen LogP contribution in [0, 0.1) is 5.92 Å². The zero-order valence-electron chi connectivity index (χ0n) is 11.6. The molecule has 2 aliphatic heterocycles. The lowest BCUT2D eigenvalue weighted by Crippen LogP contribution is -2.49. The van der Waals surface area contributed by atoms with E-state index in [1.165, 1.54) is 65.0 Å². The van der Waals surface area contributed by atoms with Crippen molar-refractivity contribution in [1.29, 1.82) is 0 Å². The second-order valence-electron chi connectivity index (χ2n) is 5.86. The van der Waals surface area contributed by atoms with E-state index in [1.54, 1.807) is 0 Å². The minimum atomic E-state index is 0.806. The van der Waals surface area contributed by atoms with Crippen molar-refractivity contribution in [2.45, 2.75) is 38.6 Å². The summed E-state index contributed by atoms with van der Waals surface area (Å²) in [5, 5.41) is 3.54. The fourth-order valence-corrected chi connectivity index (χ4v) is 3.39. The Morgan fingerprint density at radius 2 is 2.18 bits per heavy atom. The first-order valence-corrected chi connectivity index (χ1v) is 7.43. The molecule has 17 heavy (non-hydrogen) atoms. The Balaban J connectivity index is 1.82. The molecule has 2 fully saturated rings. The van der Waals surface area contributed by atoms with E-state index in [9.17, 15) is 0 Å². The molecule has 2 atom stereocenters. The average Bonchev–Trinajstić information content (AvgIpc) is 2.37. The fourth-order valence-electron chi connectivity index (χ4n) is 3.39. The van der Waals surface area contributed by atoms with Gasteiger partial charge in [0, 0.05) is 19.1 Å². The van der Waals surface area contributed by atoms with Crippen molar-refractivity contribution >= 4 is 0 Å². The Morgan fingerprint density at radius 3 is 2.82 bits per heavy atom. The third-order valence-electron chi connectivity index (χ3n) is 4.41. The number of hydrogen-bond acceptors (Lipinski definition) is 3. The van der Waals surface area contributed by atoms with Crippen molar-refractivity contribution in [1.82, 2.24) is 15.1 Å². The van der Waals surface area contributed by atoms with Crippen LogP contribution in [-0.4, -0.2) is 62.2 Å². The molecule has 0 saturated carbocycles. The molecule has 0 spiro atoms. The summed E-state index contributed by atoms with van der Waals surface area (Å²) >= 11 is 0. The van der Waals surface area contributed by atoms with Crippen LogP contribution in [0.2, 0.25) is 0 Å². The standard InChI is InChI=1S/C14H29N3/c1-3-17(11-13-6-4-8-15-10-13)14-7-5-9-16(2)12-14/h13-15H,3-12H2,1-2H3. The van der Waals surface area contributed by atoms with Gasteiger partial charge in [-0.25, -0.2) is 0 Å². The summed E-state index contributed by atoms with van der Waals surface area (Å²) in [5.74, 6) is 0.885. The Labute approximate surface area is 107 Å². The largest absolute Gasteiger partial charge is 0.316 e. The van der Waals surface area contributed by atoms with Gasteiger partial charge in [0.05, 0.1) is 0 Å². The topological polar surface area (TPSA) is 18.5 Å². The van der Waals surface area contributed by atoms with Gasteiger partial charge in [-0.2, -0.15) is 0 Å². The molecule has 2 saturated heterocycles. The normalized spacial score (nSPS) is 31.9. The SMILES string of the molecule is CCN(CC1CCCNC1)C1CCCN(C)C1. The van der Waals surface area contributed by atoms with Crippen LogP contribution in [-0.2, 0) is 0 Å². The van der Waals surface area contributed by atoms with Crippen molar-refractivity contribution in [3.05, 3.63) is 0 Å². The van der Waals surface area contributed by atoms with Gasteiger partial charge in [-0.15, -0.1) is 0 Å². The van der Waals surface area contributed by atoms with E-state index >= 15 is 0 Å². The smallest absolute Gasteiger partial charge is 0.0223 e. The second-order valence-corrected chi connectivity index (χ2v) is 5.86. The molecule has 2 aliphatic rings. The van der Waals surface area contributed by atoms with Crippen LogP contribution >= 0.6 is 0 Å². The molecule has 1 N–H and O–H groups in total. The van der Waals surface area contributed by atoms with E-state index in [4.69, 9.17) is 0 Å². The van der Waals surface area contributed by atoms with E-state index in [0.29, 0.717) is 0 Å². The molecule has 100 valence electrons. The molecule has 0 aromatic carbocycles. The molecular weight excluding hydrogens is 210 g/mol. The molecule has 3 nitrogen and oxygen atoms in total. The first-order chi connectivity index (χ1) is 8.29. The van der Waals surface area contributed by atoms with Crippen LogP contribution in [0.3, 0.4) is 0 Å². The number of nitrogens with zero attached hydrogens (tertiary/aromatic N) is 2. The highest BCUT2D eigenvalue weighted by Gasteiger charge is 2.25. The van der Waals surface area contributed by atoms with E-state index < -0.39 is 0 Å². The van der Waals surface area contributed by atoms with Crippen LogP contribution in [0.1, 0.15) is 32.6 Å². The minimum Gasteiger partial charge on any atom is -0.316 e. The summed E-state index contributed by atoms with van der Waals surface area (Å²) < 4.78 is 0. The molecule has 2 rings (SSSR count). The van der Waals surface area contributed by atoms with Crippen molar-refractivity contribution in [3.63, 3.8) is 0 Å². The number of likely N-dealkylation sites (N-methyl/N-ethyl adjacent to an activating group) is 2. The number of rotatable bonds is 4. The zero-order chi connectivity index (χ0) is 12.1. The third-order valence-corrected chi connectivity index (χ3v) is 4.41. The Hall–Kier alpha value is -0.120. The highest BCUT2D eigenvalue weighted by molar-refractivity contribution is 4.81. The summed E-state index contributed by atoms with van der Waals surface area (Å²) in [5.41, 5.74) is 0. The molecule has 0 amide bonds. The van der Waals surface area contributed by atoms with Crippen molar-refractivity contribution in [3.8, 4) is 0 Å². The monoisotopic (exact) mass is 239 g/mol. The highest BCUT2D eigenvalue weighted by atomic mass is 15.2. The lowest BCUT2D eigenvalue weighted by atomic mass is 9.97. The van der Waals surface area contributed by atoms with E-state index in [-0.39, 0.29) is 0 Å². The van der Waals surface area contributed by atoms with Gasteiger partial charge in [0.15, 0.2) is 0 Å². The summed E-state index contributed by atoms with van der Waals surface area (Å²) in [6, 6.07) is 0.806. The van der Waals surface area contributed by atoms with Crippen LogP contribution < -0.4 is 5.32 Å². The molecule has 0 aromatic rings. The van der Waals surface area contributed by atoms with E-state index in [0.717, 1.165) is 12.0 Å². The van der Waals surface area contributed by atoms with Crippen LogP contribution in [0.15, 0.2) is 0 Å².